The van der Waals surface area contributed by atoms with Crippen molar-refractivity contribution in [2.75, 3.05) is 19.6 Å². The van der Waals surface area contributed by atoms with Crippen LogP contribution < -0.4 is 5.32 Å². The lowest BCUT2D eigenvalue weighted by molar-refractivity contribution is -0.134. The maximum Gasteiger partial charge on any atom is 0.255 e. The van der Waals surface area contributed by atoms with Gasteiger partial charge in [-0.3, -0.25) is 14.9 Å². The quantitative estimate of drug-likeness (QED) is 0.860. The van der Waals surface area contributed by atoms with E-state index < -0.39 is 0 Å². The fraction of sp³-hybridized carbons (Fsp3) is 0.619. The molecule has 4 rings (SSSR count). The fourth-order valence-electron chi connectivity index (χ4n) is 4.38. The Morgan fingerprint density at radius 1 is 1.26 bits per heavy atom. The van der Waals surface area contributed by atoms with E-state index in [0.29, 0.717) is 29.6 Å². The van der Waals surface area contributed by atoms with Gasteiger partial charge in [0.05, 0.1) is 22.3 Å². The number of carbonyl (C=O) groups is 2. The van der Waals surface area contributed by atoms with Crippen LogP contribution in [0, 0.1) is 11.8 Å². The van der Waals surface area contributed by atoms with Gasteiger partial charge in [-0.15, -0.1) is 0 Å². The summed E-state index contributed by atoms with van der Waals surface area (Å²) in [4.78, 5) is 29.9. The van der Waals surface area contributed by atoms with Gasteiger partial charge in [-0.2, -0.15) is 0 Å². The molecule has 1 saturated carbocycles. The SMILES string of the molecule is CC(C)C1NC2(CCN(C(=O)c3ccccc3Cl)CC2)N(CC2CC2)C1=O. The van der Waals surface area contributed by atoms with Crippen molar-refractivity contribution in [3.8, 4) is 0 Å². The molecular weight excluding hydrogens is 362 g/mol. The van der Waals surface area contributed by atoms with Crippen LogP contribution in [-0.2, 0) is 4.79 Å². The van der Waals surface area contributed by atoms with Gasteiger partial charge < -0.3 is 9.80 Å². The van der Waals surface area contributed by atoms with Crippen molar-refractivity contribution in [3.63, 3.8) is 0 Å². The first-order valence-corrected chi connectivity index (χ1v) is 10.4. The first-order chi connectivity index (χ1) is 12.9. The summed E-state index contributed by atoms with van der Waals surface area (Å²) in [5, 5.41) is 4.15. The maximum atomic E-state index is 13.0. The predicted molar refractivity (Wildman–Crippen MR) is 106 cm³/mol. The number of amides is 2. The second-order valence-electron chi connectivity index (χ2n) is 8.56. The Bertz CT molecular complexity index is 739. The molecule has 1 spiro atoms. The smallest absolute Gasteiger partial charge is 0.255 e. The van der Waals surface area contributed by atoms with Gasteiger partial charge in [-0.25, -0.2) is 0 Å². The van der Waals surface area contributed by atoms with Crippen LogP contribution in [0.3, 0.4) is 0 Å². The van der Waals surface area contributed by atoms with Gasteiger partial charge in [0, 0.05) is 32.5 Å². The molecule has 2 heterocycles. The molecule has 1 N–H and O–H groups in total. The van der Waals surface area contributed by atoms with Gasteiger partial charge in [0.2, 0.25) is 5.91 Å². The number of halogens is 1. The third kappa shape index (κ3) is 3.47. The van der Waals surface area contributed by atoms with E-state index in [0.717, 1.165) is 19.4 Å². The maximum absolute atomic E-state index is 13.0. The molecule has 6 heteroatoms. The summed E-state index contributed by atoms with van der Waals surface area (Å²) in [6.07, 6.45) is 3.99. The zero-order valence-corrected chi connectivity index (χ0v) is 16.8. The lowest BCUT2D eigenvalue weighted by atomic mass is 9.94. The zero-order valence-electron chi connectivity index (χ0n) is 16.1. The van der Waals surface area contributed by atoms with Crippen molar-refractivity contribution < 1.29 is 9.59 Å². The molecule has 1 atom stereocenters. The number of hydrogen-bond donors (Lipinski definition) is 1. The number of carbonyl (C=O) groups excluding carboxylic acids is 2. The second kappa shape index (κ2) is 7.10. The van der Waals surface area contributed by atoms with E-state index in [1.54, 1.807) is 12.1 Å². The van der Waals surface area contributed by atoms with Gasteiger partial charge in [0.25, 0.3) is 5.91 Å². The lowest BCUT2D eigenvalue weighted by Crippen LogP contribution is -2.60. The molecule has 2 saturated heterocycles. The highest BCUT2D eigenvalue weighted by molar-refractivity contribution is 6.33. The van der Waals surface area contributed by atoms with Crippen LogP contribution in [0.4, 0.5) is 0 Å². The third-order valence-corrected chi connectivity index (χ3v) is 6.59. The molecule has 1 aliphatic carbocycles. The monoisotopic (exact) mass is 389 g/mol. The summed E-state index contributed by atoms with van der Waals surface area (Å²) in [5.41, 5.74) is 0.256. The summed E-state index contributed by atoms with van der Waals surface area (Å²) in [7, 11) is 0. The van der Waals surface area contributed by atoms with Gasteiger partial charge in [0.15, 0.2) is 0 Å². The van der Waals surface area contributed by atoms with E-state index in [9.17, 15) is 9.59 Å². The molecule has 5 nitrogen and oxygen atoms in total. The Labute approximate surface area is 166 Å². The molecule has 3 aliphatic rings. The van der Waals surface area contributed by atoms with E-state index >= 15 is 0 Å². The van der Waals surface area contributed by atoms with Crippen molar-refractivity contribution >= 4 is 23.4 Å². The van der Waals surface area contributed by atoms with Gasteiger partial charge in [-0.1, -0.05) is 37.6 Å². The largest absolute Gasteiger partial charge is 0.338 e. The van der Waals surface area contributed by atoms with Crippen LogP contribution in [0.5, 0.6) is 0 Å². The van der Waals surface area contributed by atoms with Crippen LogP contribution in [0.1, 0.15) is 49.9 Å². The summed E-state index contributed by atoms with van der Waals surface area (Å²) in [6.45, 7) is 6.32. The van der Waals surface area contributed by atoms with Crippen molar-refractivity contribution in [2.45, 2.75) is 51.2 Å². The molecule has 0 radical (unpaired) electrons. The molecule has 27 heavy (non-hydrogen) atoms. The molecule has 1 aromatic rings. The Morgan fingerprint density at radius 3 is 2.52 bits per heavy atom. The summed E-state index contributed by atoms with van der Waals surface area (Å²) in [6, 6.07) is 7.09. The fourth-order valence-corrected chi connectivity index (χ4v) is 4.60. The van der Waals surface area contributed by atoms with Crippen molar-refractivity contribution in [3.05, 3.63) is 34.9 Å². The van der Waals surface area contributed by atoms with Gasteiger partial charge in [-0.05, 0) is 36.8 Å². The first-order valence-electron chi connectivity index (χ1n) is 10.0. The number of hydrogen-bond acceptors (Lipinski definition) is 3. The topological polar surface area (TPSA) is 52.7 Å². The summed E-state index contributed by atoms with van der Waals surface area (Å²) in [5.74, 6) is 1.14. The van der Waals surface area contributed by atoms with Crippen LogP contribution in [0.25, 0.3) is 0 Å². The highest BCUT2D eigenvalue weighted by atomic mass is 35.5. The van der Waals surface area contributed by atoms with Gasteiger partial charge in [0.1, 0.15) is 0 Å². The number of nitrogens with one attached hydrogen (secondary N) is 1. The van der Waals surface area contributed by atoms with Crippen LogP contribution >= 0.6 is 11.6 Å². The number of rotatable bonds is 4. The third-order valence-electron chi connectivity index (χ3n) is 6.26. The van der Waals surface area contributed by atoms with Crippen molar-refractivity contribution in [2.24, 2.45) is 11.8 Å². The summed E-state index contributed by atoms with van der Waals surface area (Å²) < 4.78 is 0. The minimum atomic E-state index is -0.300. The minimum Gasteiger partial charge on any atom is -0.338 e. The number of nitrogens with zero attached hydrogens (tertiary/aromatic N) is 2. The standard InChI is InChI=1S/C21H28ClN3O2/c1-14(2)18-20(27)25(13-15-7-8-15)21(23-18)9-11-24(12-10-21)19(26)16-5-3-4-6-17(16)22/h3-6,14-15,18,23H,7-13H2,1-2H3. The van der Waals surface area contributed by atoms with Crippen LogP contribution in [0.2, 0.25) is 5.02 Å². The molecule has 2 aliphatic heterocycles. The molecule has 2 amide bonds. The van der Waals surface area contributed by atoms with Crippen molar-refractivity contribution in [1.82, 2.24) is 15.1 Å². The summed E-state index contributed by atoms with van der Waals surface area (Å²) >= 11 is 6.21. The molecule has 1 unspecified atom stereocenters. The average Bonchev–Trinajstić information content (AvgIpc) is 3.44. The Balaban J connectivity index is 1.49. The Kier molecular flexibility index (Phi) is 4.93. The molecule has 0 bridgehead atoms. The van der Waals surface area contributed by atoms with Gasteiger partial charge >= 0.3 is 0 Å². The van der Waals surface area contributed by atoms with E-state index in [1.807, 2.05) is 17.0 Å². The zero-order chi connectivity index (χ0) is 19.2. The lowest BCUT2D eigenvalue weighted by Gasteiger charge is -2.45. The molecule has 1 aromatic carbocycles. The Hall–Kier alpha value is -1.59. The highest BCUT2D eigenvalue weighted by Crippen LogP contribution is 2.39. The van der Waals surface area contributed by atoms with Crippen LogP contribution in [0.15, 0.2) is 24.3 Å². The van der Waals surface area contributed by atoms with E-state index in [-0.39, 0.29) is 29.4 Å². The second-order valence-corrected chi connectivity index (χ2v) is 8.97. The highest BCUT2D eigenvalue weighted by Gasteiger charge is 2.53. The number of likely N-dealkylation sites (tertiary alicyclic amines) is 1. The number of piperidine rings is 1. The predicted octanol–water partition coefficient (Wildman–Crippen LogP) is 3.14. The molecule has 146 valence electrons. The van der Waals surface area contributed by atoms with Crippen LogP contribution in [-0.4, -0.2) is 53.0 Å². The Morgan fingerprint density at radius 2 is 1.93 bits per heavy atom. The normalized spacial score (nSPS) is 24.9. The molecule has 0 aromatic heterocycles. The first kappa shape index (κ1) is 18.8. The average molecular weight is 390 g/mol. The van der Waals surface area contributed by atoms with Crippen molar-refractivity contribution in [1.29, 1.82) is 0 Å². The van der Waals surface area contributed by atoms with E-state index in [1.165, 1.54) is 12.8 Å². The van der Waals surface area contributed by atoms with E-state index in [2.05, 4.69) is 24.1 Å². The molecule has 3 fully saturated rings. The van der Waals surface area contributed by atoms with E-state index in [4.69, 9.17) is 11.6 Å². The molecular formula is C21H28ClN3O2. The minimum absolute atomic E-state index is 0.0195. The number of benzene rings is 1.